The Morgan fingerprint density at radius 2 is 1.33 bits per heavy atom. The lowest BCUT2D eigenvalue weighted by Crippen LogP contribution is -2.03. The van der Waals surface area contributed by atoms with Gasteiger partial charge in [-0.15, -0.1) is 0 Å². The van der Waals surface area contributed by atoms with Gasteiger partial charge in [0, 0.05) is 6.42 Å². The van der Waals surface area contributed by atoms with Crippen molar-refractivity contribution in [3.8, 4) is 0 Å². The molecule has 0 bridgehead atoms. The molecule has 0 radical (unpaired) electrons. The fourth-order valence-electron chi connectivity index (χ4n) is 2.10. The SMILES string of the molecule is CC[C@H](O)CCCCCCCCCCCC(=O)O. The summed E-state index contributed by atoms with van der Waals surface area (Å²) in [7, 11) is 0. The summed E-state index contributed by atoms with van der Waals surface area (Å²) in [4.78, 5) is 10.3. The highest BCUT2D eigenvalue weighted by atomic mass is 16.4. The Morgan fingerprint density at radius 1 is 0.889 bits per heavy atom. The molecule has 0 aliphatic carbocycles. The first-order valence-electron chi connectivity index (χ1n) is 7.56. The number of aliphatic hydroxyl groups is 1. The van der Waals surface area contributed by atoms with E-state index >= 15 is 0 Å². The normalized spacial score (nSPS) is 12.6. The van der Waals surface area contributed by atoms with Crippen molar-refractivity contribution in [2.24, 2.45) is 0 Å². The van der Waals surface area contributed by atoms with E-state index in [2.05, 4.69) is 0 Å². The van der Waals surface area contributed by atoms with Crippen LogP contribution in [0.25, 0.3) is 0 Å². The van der Waals surface area contributed by atoms with Crippen molar-refractivity contribution in [3.63, 3.8) is 0 Å². The summed E-state index contributed by atoms with van der Waals surface area (Å²) >= 11 is 0. The summed E-state index contributed by atoms with van der Waals surface area (Å²) in [5.74, 6) is -0.677. The monoisotopic (exact) mass is 258 g/mol. The summed E-state index contributed by atoms with van der Waals surface area (Å²) in [6.45, 7) is 2.02. The van der Waals surface area contributed by atoms with Gasteiger partial charge < -0.3 is 10.2 Å². The highest BCUT2D eigenvalue weighted by Gasteiger charge is 2.00. The van der Waals surface area contributed by atoms with Crippen LogP contribution in [0.3, 0.4) is 0 Å². The molecule has 1 atom stereocenters. The zero-order valence-electron chi connectivity index (χ0n) is 11.9. The van der Waals surface area contributed by atoms with Gasteiger partial charge in [-0.05, 0) is 19.3 Å². The van der Waals surface area contributed by atoms with Crippen molar-refractivity contribution >= 4 is 5.97 Å². The number of aliphatic hydroxyl groups excluding tert-OH is 1. The minimum atomic E-state index is -0.677. The maximum Gasteiger partial charge on any atom is 0.303 e. The highest BCUT2D eigenvalue weighted by Crippen LogP contribution is 2.12. The molecule has 0 amide bonds. The number of carboxylic acid groups (broad SMARTS) is 1. The van der Waals surface area contributed by atoms with Gasteiger partial charge in [-0.1, -0.05) is 58.3 Å². The van der Waals surface area contributed by atoms with Crippen molar-refractivity contribution in [2.75, 3.05) is 0 Å². The van der Waals surface area contributed by atoms with E-state index < -0.39 is 5.97 Å². The smallest absolute Gasteiger partial charge is 0.303 e. The molecule has 0 saturated carbocycles. The number of unbranched alkanes of at least 4 members (excludes halogenated alkanes) is 8. The molecule has 3 heteroatoms. The van der Waals surface area contributed by atoms with Gasteiger partial charge in [-0.2, -0.15) is 0 Å². The molecule has 0 aliphatic rings. The van der Waals surface area contributed by atoms with E-state index in [0.717, 1.165) is 32.1 Å². The molecule has 0 spiro atoms. The van der Waals surface area contributed by atoms with E-state index in [0.29, 0.717) is 6.42 Å². The Hall–Kier alpha value is -0.570. The molecular formula is C15H30O3. The van der Waals surface area contributed by atoms with Gasteiger partial charge in [0.2, 0.25) is 0 Å². The van der Waals surface area contributed by atoms with Gasteiger partial charge in [0.25, 0.3) is 0 Å². The molecule has 0 aromatic rings. The van der Waals surface area contributed by atoms with Crippen molar-refractivity contribution in [2.45, 2.75) is 90.1 Å². The lowest BCUT2D eigenvalue weighted by atomic mass is 10.0. The minimum Gasteiger partial charge on any atom is -0.481 e. The molecule has 2 N–H and O–H groups in total. The summed E-state index contributed by atoms with van der Waals surface area (Å²) < 4.78 is 0. The lowest BCUT2D eigenvalue weighted by Gasteiger charge is -2.06. The van der Waals surface area contributed by atoms with Crippen LogP contribution >= 0.6 is 0 Å². The largest absolute Gasteiger partial charge is 0.481 e. The van der Waals surface area contributed by atoms with E-state index in [4.69, 9.17) is 5.11 Å². The molecule has 0 unspecified atom stereocenters. The van der Waals surface area contributed by atoms with E-state index in [1.54, 1.807) is 0 Å². The third-order valence-corrected chi connectivity index (χ3v) is 3.40. The van der Waals surface area contributed by atoms with Crippen LogP contribution in [-0.2, 0) is 4.79 Å². The third-order valence-electron chi connectivity index (χ3n) is 3.40. The second-order valence-electron chi connectivity index (χ2n) is 5.18. The Morgan fingerprint density at radius 3 is 1.78 bits per heavy atom. The van der Waals surface area contributed by atoms with Crippen LogP contribution in [0.15, 0.2) is 0 Å². The van der Waals surface area contributed by atoms with Gasteiger partial charge in [-0.3, -0.25) is 4.79 Å². The summed E-state index contributed by atoms with van der Waals surface area (Å²) in [5, 5.41) is 17.9. The van der Waals surface area contributed by atoms with Gasteiger partial charge in [0.1, 0.15) is 0 Å². The molecule has 0 fully saturated rings. The predicted octanol–water partition coefficient (Wildman–Crippen LogP) is 4.13. The summed E-state index contributed by atoms with van der Waals surface area (Å²) in [6, 6.07) is 0. The minimum absolute atomic E-state index is 0.0979. The Bertz CT molecular complexity index is 192. The Labute approximate surface area is 112 Å². The Balaban J connectivity index is 3.01. The third kappa shape index (κ3) is 13.5. The van der Waals surface area contributed by atoms with E-state index in [-0.39, 0.29) is 6.10 Å². The van der Waals surface area contributed by atoms with Crippen molar-refractivity contribution in [3.05, 3.63) is 0 Å². The molecule has 0 aromatic heterocycles. The van der Waals surface area contributed by atoms with Crippen LogP contribution in [0.1, 0.15) is 84.0 Å². The molecule has 108 valence electrons. The number of carbonyl (C=O) groups is 1. The van der Waals surface area contributed by atoms with Crippen molar-refractivity contribution in [1.29, 1.82) is 0 Å². The molecule has 0 aliphatic heterocycles. The Kier molecular flexibility index (Phi) is 12.5. The number of rotatable bonds is 13. The summed E-state index contributed by atoms with van der Waals surface area (Å²) in [6.07, 6.45) is 12.5. The molecule has 3 nitrogen and oxygen atoms in total. The lowest BCUT2D eigenvalue weighted by molar-refractivity contribution is -0.137. The van der Waals surface area contributed by atoms with E-state index in [1.807, 2.05) is 6.92 Å². The first-order valence-corrected chi connectivity index (χ1v) is 7.56. The maximum atomic E-state index is 10.3. The first kappa shape index (κ1) is 17.4. The number of hydrogen-bond donors (Lipinski definition) is 2. The number of carboxylic acids is 1. The molecule has 0 saturated heterocycles. The molecular weight excluding hydrogens is 228 g/mol. The molecule has 0 rings (SSSR count). The van der Waals surface area contributed by atoms with Gasteiger partial charge >= 0.3 is 5.97 Å². The van der Waals surface area contributed by atoms with E-state index in [1.165, 1.54) is 38.5 Å². The second-order valence-corrected chi connectivity index (χ2v) is 5.18. The van der Waals surface area contributed by atoms with Gasteiger partial charge in [0.05, 0.1) is 6.10 Å². The predicted molar refractivity (Wildman–Crippen MR) is 74.7 cm³/mol. The topological polar surface area (TPSA) is 57.5 Å². The van der Waals surface area contributed by atoms with Gasteiger partial charge in [-0.25, -0.2) is 0 Å². The molecule has 18 heavy (non-hydrogen) atoms. The fraction of sp³-hybridized carbons (Fsp3) is 0.933. The maximum absolute atomic E-state index is 10.3. The van der Waals surface area contributed by atoms with Crippen LogP contribution in [-0.4, -0.2) is 22.3 Å². The van der Waals surface area contributed by atoms with Crippen LogP contribution in [0.5, 0.6) is 0 Å². The zero-order valence-corrected chi connectivity index (χ0v) is 11.9. The van der Waals surface area contributed by atoms with Crippen LogP contribution in [0.2, 0.25) is 0 Å². The quantitative estimate of drug-likeness (QED) is 0.488. The van der Waals surface area contributed by atoms with Crippen LogP contribution < -0.4 is 0 Å². The standard InChI is InChI=1S/C15H30O3/c1-2-14(16)12-10-8-6-4-3-5-7-9-11-13-15(17)18/h14,16H,2-13H2,1H3,(H,17,18)/t14-/m0/s1. The fourth-order valence-corrected chi connectivity index (χ4v) is 2.10. The first-order chi connectivity index (χ1) is 8.66. The van der Waals surface area contributed by atoms with Crippen molar-refractivity contribution in [1.82, 2.24) is 0 Å². The van der Waals surface area contributed by atoms with Crippen LogP contribution in [0, 0.1) is 0 Å². The van der Waals surface area contributed by atoms with E-state index in [9.17, 15) is 9.90 Å². The number of aliphatic carboxylic acids is 1. The van der Waals surface area contributed by atoms with Gasteiger partial charge in [0.15, 0.2) is 0 Å². The summed E-state index contributed by atoms with van der Waals surface area (Å²) in [5.41, 5.74) is 0. The second kappa shape index (κ2) is 12.9. The molecule has 0 heterocycles. The average molecular weight is 258 g/mol. The van der Waals surface area contributed by atoms with Crippen LogP contribution in [0.4, 0.5) is 0 Å². The highest BCUT2D eigenvalue weighted by molar-refractivity contribution is 5.66. The average Bonchev–Trinajstić information content (AvgIpc) is 2.35. The number of hydrogen-bond acceptors (Lipinski definition) is 2. The zero-order chi connectivity index (χ0) is 13.6. The van der Waals surface area contributed by atoms with Crippen molar-refractivity contribution < 1.29 is 15.0 Å². The molecule has 0 aromatic carbocycles.